The first-order chi connectivity index (χ1) is 7.20. The highest BCUT2D eigenvalue weighted by atomic mass is 16.4. The van der Waals surface area contributed by atoms with E-state index in [0.29, 0.717) is 6.42 Å². The maximum atomic E-state index is 11.6. The number of carboxylic acid groups (broad SMARTS) is 1. The number of nitrogens with one attached hydrogen (secondary N) is 1. The molecule has 0 aliphatic heterocycles. The molecule has 0 aliphatic carbocycles. The van der Waals surface area contributed by atoms with E-state index in [2.05, 4.69) is 5.32 Å². The molecule has 1 amide bonds. The minimum absolute atomic E-state index is 0.133. The number of carboxylic acids is 1. The van der Waals surface area contributed by atoms with Gasteiger partial charge in [-0.05, 0) is 11.8 Å². The van der Waals surface area contributed by atoms with Crippen LogP contribution in [0.5, 0.6) is 0 Å². The number of aliphatic carboxylic acids is 1. The van der Waals surface area contributed by atoms with Crippen LogP contribution in [-0.4, -0.2) is 29.6 Å². The van der Waals surface area contributed by atoms with E-state index in [4.69, 9.17) is 10.8 Å². The van der Waals surface area contributed by atoms with Crippen LogP contribution in [-0.2, 0) is 9.59 Å². The standard InChI is InChI=1S/C11H22N2O3/c1-5-7(10(15)16)6-13-9(14)8(12)11(2,3)4/h7-8H,5-6,12H2,1-4H3,(H,13,14)(H,15,16)/t7?,8-/m1/s1. The monoisotopic (exact) mass is 230 g/mol. The molecule has 0 aromatic carbocycles. The summed E-state index contributed by atoms with van der Waals surface area (Å²) < 4.78 is 0. The Morgan fingerprint density at radius 1 is 1.38 bits per heavy atom. The van der Waals surface area contributed by atoms with Crippen molar-refractivity contribution in [1.29, 1.82) is 0 Å². The van der Waals surface area contributed by atoms with Gasteiger partial charge < -0.3 is 16.2 Å². The molecule has 0 bridgehead atoms. The van der Waals surface area contributed by atoms with Gasteiger partial charge in [-0.3, -0.25) is 9.59 Å². The van der Waals surface area contributed by atoms with Crippen LogP contribution in [0.1, 0.15) is 34.1 Å². The lowest BCUT2D eigenvalue weighted by atomic mass is 9.87. The van der Waals surface area contributed by atoms with E-state index in [1.807, 2.05) is 20.8 Å². The van der Waals surface area contributed by atoms with E-state index in [1.54, 1.807) is 6.92 Å². The quantitative estimate of drug-likeness (QED) is 0.644. The molecule has 2 atom stereocenters. The first-order valence-electron chi connectivity index (χ1n) is 5.46. The lowest BCUT2D eigenvalue weighted by Gasteiger charge is -2.26. The zero-order valence-electron chi connectivity index (χ0n) is 10.4. The minimum Gasteiger partial charge on any atom is -0.481 e. The number of hydrogen-bond donors (Lipinski definition) is 3. The van der Waals surface area contributed by atoms with Crippen LogP contribution in [0.25, 0.3) is 0 Å². The van der Waals surface area contributed by atoms with Crippen molar-refractivity contribution in [3.05, 3.63) is 0 Å². The molecule has 0 saturated heterocycles. The third kappa shape index (κ3) is 4.61. The topological polar surface area (TPSA) is 92.4 Å². The average molecular weight is 230 g/mol. The molecule has 94 valence electrons. The number of carbonyl (C=O) groups is 2. The Balaban J connectivity index is 4.22. The summed E-state index contributed by atoms with van der Waals surface area (Å²) in [5.41, 5.74) is 5.41. The summed E-state index contributed by atoms with van der Waals surface area (Å²) in [4.78, 5) is 22.3. The van der Waals surface area contributed by atoms with Crippen molar-refractivity contribution in [3.8, 4) is 0 Å². The van der Waals surface area contributed by atoms with Crippen LogP contribution in [0.3, 0.4) is 0 Å². The van der Waals surface area contributed by atoms with Crippen LogP contribution in [0.4, 0.5) is 0 Å². The molecule has 0 radical (unpaired) electrons. The molecule has 0 aromatic rings. The molecule has 5 heteroatoms. The molecule has 0 heterocycles. The number of nitrogens with two attached hydrogens (primary N) is 1. The molecule has 4 N–H and O–H groups in total. The number of carbonyl (C=O) groups excluding carboxylic acids is 1. The van der Waals surface area contributed by atoms with Gasteiger partial charge in [0.1, 0.15) is 0 Å². The van der Waals surface area contributed by atoms with Crippen LogP contribution < -0.4 is 11.1 Å². The Kier molecular flexibility index (Phi) is 5.44. The molecule has 0 saturated carbocycles. The number of hydrogen-bond acceptors (Lipinski definition) is 3. The summed E-state index contributed by atoms with van der Waals surface area (Å²) in [7, 11) is 0. The molecule has 0 aliphatic rings. The first-order valence-corrected chi connectivity index (χ1v) is 5.46. The summed E-state index contributed by atoms with van der Waals surface area (Å²) in [6.07, 6.45) is 0.486. The van der Waals surface area contributed by atoms with Gasteiger partial charge in [0, 0.05) is 6.54 Å². The Morgan fingerprint density at radius 3 is 2.19 bits per heavy atom. The molecule has 16 heavy (non-hydrogen) atoms. The largest absolute Gasteiger partial charge is 0.481 e. The second-order valence-corrected chi connectivity index (χ2v) is 5.03. The van der Waals surface area contributed by atoms with Crippen LogP contribution >= 0.6 is 0 Å². The predicted molar refractivity (Wildman–Crippen MR) is 61.9 cm³/mol. The van der Waals surface area contributed by atoms with Gasteiger partial charge in [0.05, 0.1) is 12.0 Å². The molecule has 0 fully saturated rings. The summed E-state index contributed by atoms with van der Waals surface area (Å²) in [5.74, 6) is -1.74. The normalized spacial score (nSPS) is 15.3. The fourth-order valence-corrected chi connectivity index (χ4v) is 1.13. The van der Waals surface area contributed by atoms with Gasteiger partial charge in [-0.1, -0.05) is 27.7 Å². The van der Waals surface area contributed by atoms with Crippen LogP contribution in [0, 0.1) is 11.3 Å². The SMILES string of the molecule is CCC(CNC(=O)[C@@H](N)C(C)(C)C)C(=O)O. The number of amides is 1. The second-order valence-electron chi connectivity index (χ2n) is 5.03. The van der Waals surface area contributed by atoms with Gasteiger partial charge >= 0.3 is 5.97 Å². The third-order valence-electron chi connectivity index (χ3n) is 2.58. The summed E-state index contributed by atoms with van der Waals surface area (Å²) >= 11 is 0. The third-order valence-corrected chi connectivity index (χ3v) is 2.58. The fraction of sp³-hybridized carbons (Fsp3) is 0.818. The highest BCUT2D eigenvalue weighted by Gasteiger charge is 2.28. The highest BCUT2D eigenvalue weighted by Crippen LogP contribution is 2.17. The zero-order chi connectivity index (χ0) is 12.9. The smallest absolute Gasteiger partial charge is 0.308 e. The molecular weight excluding hydrogens is 208 g/mol. The second kappa shape index (κ2) is 5.84. The van der Waals surface area contributed by atoms with Crippen molar-refractivity contribution in [3.63, 3.8) is 0 Å². The summed E-state index contributed by atoms with van der Waals surface area (Å²) in [6, 6.07) is -0.626. The van der Waals surface area contributed by atoms with E-state index >= 15 is 0 Å². The maximum Gasteiger partial charge on any atom is 0.308 e. The van der Waals surface area contributed by atoms with Gasteiger partial charge in [0.25, 0.3) is 0 Å². The molecular formula is C11H22N2O3. The van der Waals surface area contributed by atoms with Gasteiger partial charge in [0.15, 0.2) is 0 Å². The summed E-state index contributed by atoms with van der Waals surface area (Å²) in [6.45, 7) is 7.51. The lowest BCUT2D eigenvalue weighted by molar-refractivity contribution is -0.141. The zero-order valence-corrected chi connectivity index (χ0v) is 10.4. The van der Waals surface area contributed by atoms with Gasteiger partial charge in [-0.15, -0.1) is 0 Å². The Morgan fingerprint density at radius 2 is 1.88 bits per heavy atom. The molecule has 5 nitrogen and oxygen atoms in total. The van der Waals surface area contributed by atoms with E-state index in [1.165, 1.54) is 0 Å². The average Bonchev–Trinajstić information content (AvgIpc) is 2.15. The van der Waals surface area contributed by atoms with Crippen molar-refractivity contribution < 1.29 is 14.7 Å². The summed E-state index contributed by atoms with van der Waals surface area (Å²) in [5, 5.41) is 11.4. The highest BCUT2D eigenvalue weighted by molar-refractivity contribution is 5.82. The van der Waals surface area contributed by atoms with Gasteiger partial charge in [-0.25, -0.2) is 0 Å². The molecule has 0 rings (SSSR count). The van der Waals surface area contributed by atoms with Crippen LogP contribution in [0.2, 0.25) is 0 Å². The molecule has 1 unspecified atom stereocenters. The van der Waals surface area contributed by atoms with Crippen molar-refractivity contribution >= 4 is 11.9 Å². The van der Waals surface area contributed by atoms with E-state index < -0.39 is 17.9 Å². The van der Waals surface area contributed by atoms with Crippen molar-refractivity contribution in [2.75, 3.05) is 6.54 Å². The van der Waals surface area contributed by atoms with E-state index in [0.717, 1.165) is 0 Å². The first kappa shape index (κ1) is 14.9. The van der Waals surface area contributed by atoms with Gasteiger partial charge in [0.2, 0.25) is 5.91 Å². The van der Waals surface area contributed by atoms with Crippen molar-refractivity contribution in [2.45, 2.75) is 40.2 Å². The van der Waals surface area contributed by atoms with E-state index in [9.17, 15) is 9.59 Å². The molecule has 0 aromatic heterocycles. The van der Waals surface area contributed by atoms with Gasteiger partial charge in [-0.2, -0.15) is 0 Å². The number of rotatable bonds is 5. The Labute approximate surface area is 96.4 Å². The minimum atomic E-state index is -0.896. The van der Waals surface area contributed by atoms with Crippen molar-refractivity contribution in [2.24, 2.45) is 17.1 Å². The van der Waals surface area contributed by atoms with Crippen molar-refractivity contribution in [1.82, 2.24) is 5.32 Å². The Hall–Kier alpha value is -1.10. The lowest BCUT2D eigenvalue weighted by Crippen LogP contribution is -2.49. The van der Waals surface area contributed by atoms with E-state index in [-0.39, 0.29) is 17.9 Å². The maximum absolute atomic E-state index is 11.6. The fourth-order valence-electron chi connectivity index (χ4n) is 1.13. The van der Waals surface area contributed by atoms with Crippen LogP contribution in [0.15, 0.2) is 0 Å². The predicted octanol–water partition coefficient (Wildman–Crippen LogP) is 0.587. The Bertz CT molecular complexity index is 258. The molecule has 0 spiro atoms.